The van der Waals surface area contributed by atoms with Gasteiger partial charge in [-0.1, -0.05) is 67.1 Å². The summed E-state index contributed by atoms with van der Waals surface area (Å²) in [4.78, 5) is 28.7. The number of nitrogens with one attached hydrogen (secondary N) is 1. The molecule has 0 aliphatic carbocycles. The molecular formula is C30H36ClN3O4S. The van der Waals surface area contributed by atoms with Crippen molar-refractivity contribution in [1.29, 1.82) is 0 Å². The van der Waals surface area contributed by atoms with Gasteiger partial charge in [-0.05, 0) is 75.1 Å². The highest BCUT2D eigenvalue weighted by atomic mass is 35.5. The first kappa shape index (κ1) is 30.2. The second-order valence-electron chi connectivity index (χ2n) is 9.70. The lowest BCUT2D eigenvalue weighted by Crippen LogP contribution is -2.52. The summed E-state index contributed by atoms with van der Waals surface area (Å²) < 4.78 is 28.9. The maximum atomic E-state index is 14.0. The van der Waals surface area contributed by atoms with E-state index in [1.54, 1.807) is 44.2 Å². The highest BCUT2D eigenvalue weighted by Gasteiger charge is 2.33. The Kier molecular flexibility index (Phi) is 10.2. The molecule has 3 aromatic carbocycles. The topological polar surface area (TPSA) is 86.8 Å². The third-order valence-electron chi connectivity index (χ3n) is 6.82. The molecule has 3 aromatic rings. The largest absolute Gasteiger partial charge is 0.352 e. The quantitative estimate of drug-likeness (QED) is 0.331. The molecule has 0 fully saturated rings. The van der Waals surface area contributed by atoms with Crippen LogP contribution in [0.15, 0.2) is 77.7 Å². The van der Waals surface area contributed by atoms with Crippen LogP contribution in [-0.4, -0.2) is 43.8 Å². The maximum Gasteiger partial charge on any atom is 0.264 e. The Bertz CT molecular complexity index is 1410. The van der Waals surface area contributed by atoms with Crippen molar-refractivity contribution in [3.63, 3.8) is 0 Å². The van der Waals surface area contributed by atoms with E-state index in [1.807, 2.05) is 45.0 Å². The highest BCUT2D eigenvalue weighted by Crippen LogP contribution is 2.30. The number of carbonyl (C=O) groups excluding carboxylic acids is 2. The number of amides is 2. The molecule has 3 rings (SSSR count). The fourth-order valence-corrected chi connectivity index (χ4v) is 5.76. The molecule has 39 heavy (non-hydrogen) atoms. The molecule has 1 N–H and O–H groups in total. The first-order chi connectivity index (χ1) is 18.4. The van der Waals surface area contributed by atoms with Gasteiger partial charge in [0.05, 0.1) is 10.6 Å². The number of aryl methyl sites for hydroxylation is 2. The van der Waals surface area contributed by atoms with Crippen LogP contribution in [-0.2, 0) is 26.2 Å². The summed E-state index contributed by atoms with van der Waals surface area (Å²) in [5.41, 5.74) is 2.77. The molecule has 0 aromatic heterocycles. The van der Waals surface area contributed by atoms with Crippen LogP contribution < -0.4 is 9.62 Å². The Labute approximate surface area is 236 Å². The van der Waals surface area contributed by atoms with Crippen molar-refractivity contribution in [2.24, 2.45) is 0 Å². The SMILES string of the molecule is CC[C@@H](C)NC(=O)[C@H](C)N(Cc1ccccc1C)C(=O)CN(c1cc(Cl)ccc1C)S(=O)(=O)c1ccccc1. The second-order valence-corrected chi connectivity index (χ2v) is 12.0. The number of anilines is 1. The van der Waals surface area contributed by atoms with Crippen molar-refractivity contribution < 1.29 is 18.0 Å². The molecule has 2 atom stereocenters. The number of hydrogen-bond donors (Lipinski definition) is 1. The number of hydrogen-bond acceptors (Lipinski definition) is 4. The van der Waals surface area contributed by atoms with Crippen LogP contribution in [0.25, 0.3) is 0 Å². The summed E-state index contributed by atoms with van der Waals surface area (Å²) in [5, 5.41) is 3.28. The highest BCUT2D eigenvalue weighted by molar-refractivity contribution is 7.92. The van der Waals surface area contributed by atoms with Crippen molar-refractivity contribution in [3.05, 3.63) is 94.5 Å². The molecule has 2 amide bonds. The fraction of sp³-hybridized carbons (Fsp3) is 0.333. The number of carbonyl (C=O) groups is 2. The minimum absolute atomic E-state index is 0.0465. The first-order valence-electron chi connectivity index (χ1n) is 12.9. The number of nitrogens with zero attached hydrogens (tertiary/aromatic N) is 2. The van der Waals surface area contributed by atoms with Crippen molar-refractivity contribution >= 4 is 39.1 Å². The Balaban J connectivity index is 2.07. The lowest BCUT2D eigenvalue weighted by atomic mass is 10.1. The minimum Gasteiger partial charge on any atom is -0.352 e. The van der Waals surface area contributed by atoms with Gasteiger partial charge in [0.15, 0.2) is 0 Å². The summed E-state index contributed by atoms with van der Waals surface area (Å²) in [6.45, 7) is 8.86. The predicted octanol–water partition coefficient (Wildman–Crippen LogP) is 5.48. The number of benzene rings is 3. The molecule has 0 saturated heterocycles. The molecular weight excluding hydrogens is 534 g/mol. The van der Waals surface area contributed by atoms with E-state index in [4.69, 9.17) is 11.6 Å². The lowest BCUT2D eigenvalue weighted by molar-refractivity contribution is -0.139. The third kappa shape index (κ3) is 7.40. The van der Waals surface area contributed by atoms with Gasteiger partial charge in [0, 0.05) is 17.6 Å². The molecule has 0 aliphatic rings. The van der Waals surface area contributed by atoms with Crippen molar-refractivity contribution in [3.8, 4) is 0 Å². The maximum absolute atomic E-state index is 14.0. The smallest absolute Gasteiger partial charge is 0.264 e. The first-order valence-corrected chi connectivity index (χ1v) is 14.8. The zero-order valence-electron chi connectivity index (χ0n) is 23.0. The lowest BCUT2D eigenvalue weighted by Gasteiger charge is -2.33. The van der Waals surface area contributed by atoms with Crippen LogP contribution in [0.1, 0.15) is 43.9 Å². The van der Waals surface area contributed by atoms with E-state index in [1.165, 1.54) is 23.1 Å². The summed E-state index contributed by atoms with van der Waals surface area (Å²) in [6.07, 6.45) is 0.737. The van der Waals surface area contributed by atoms with Gasteiger partial charge in [0.1, 0.15) is 12.6 Å². The molecule has 0 radical (unpaired) electrons. The monoisotopic (exact) mass is 569 g/mol. The van der Waals surface area contributed by atoms with E-state index < -0.39 is 28.5 Å². The van der Waals surface area contributed by atoms with Crippen LogP contribution in [0, 0.1) is 13.8 Å². The molecule has 0 aliphatic heterocycles. The van der Waals surface area contributed by atoms with Gasteiger partial charge < -0.3 is 10.2 Å². The number of halogens is 1. The van der Waals surface area contributed by atoms with Gasteiger partial charge in [-0.15, -0.1) is 0 Å². The van der Waals surface area contributed by atoms with Gasteiger partial charge in [-0.2, -0.15) is 0 Å². The predicted molar refractivity (Wildman–Crippen MR) is 156 cm³/mol. The Morgan fingerprint density at radius 1 is 0.923 bits per heavy atom. The molecule has 9 heteroatoms. The van der Waals surface area contributed by atoms with Gasteiger partial charge >= 0.3 is 0 Å². The second kappa shape index (κ2) is 13.1. The van der Waals surface area contributed by atoms with Crippen LogP contribution in [0.3, 0.4) is 0 Å². The van der Waals surface area contributed by atoms with Crippen LogP contribution in [0.4, 0.5) is 5.69 Å². The Morgan fingerprint density at radius 3 is 2.21 bits per heavy atom. The summed E-state index contributed by atoms with van der Waals surface area (Å²) in [7, 11) is -4.15. The molecule has 7 nitrogen and oxygen atoms in total. The van der Waals surface area contributed by atoms with E-state index >= 15 is 0 Å². The molecule has 0 spiro atoms. The van der Waals surface area contributed by atoms with Gasteiger partial charge in [-0.3, -0.25) is 13.9 Å². The molecule has 0 saturated carbocycles. The average Bonchev–Trinajstić information content (AvgIpc) is 2.92. The van der Waals surface area contributed by atoms with E-state index in [9.17, 15) is 18.0 Å². The van der Waals surface area contributed by atoms with E-state index in [0.717, 1.165) is 21.9 Å². The van der Waals surface area contributed by atoms with Crippen molar-refractivity contribution in [1.82, 2.24) is 10.2 Å². The van der Waals surface area contributed by atoms with E-state index in [0.29, 0.717) is 16.3 Å². The Morgan fingerprint density at radius 2 is 1.56 bits per heavy atom. The van der Waals surface area contributed by atoms with E-state index in [-0.39, 0.29) is 23.4 Å². The molecule has 0 unspecified atom stereocenters. The number of sulfonamides is 1. The molecule has 208 valence electrons. The molecule has 0 bridgehead atoms. The van der Waals surface area contributed by atoms with Crippen molar-refractivity contribution in [2.45, 2.75) is 64.6 Å². The van der Waals surface area contributed by atoms with Gasteiger partial charge in [0.25, 0.3) is 10.0 Å². The van der Waals surface area contributed by atoms with E-state index in [2.05, 4.69) is 5.32 Å². The summed E-state index contributed by atoms with van der Waals surface area (Å²) >= 11 is 6.27. The zero-order chi connectivity index (χ0) is 28.7. The average molecular weight is 570 g/mol. The number of rotatable bonds is 11. The minimum atomic E-state index is -4.15. The normalized spacial score (nSPS) is 12.9. The van der Waals surface area contributed by atoms with Crippen molar-refractivity contribution in [2.75, 3.05) is 10.8 Å². The Hall–Kier alpha value is -3.36. The van der Waals surface area contributed by atoms with Gasteiger partial charge in [0.2, 0.25) is 11.8 Å². The summed E-state index contributed by atoms with van der Waals surface area (Å²) in [6, 6.07) is 19.6. The van der Waals surface area contributed by atoms with Crippen LogP contribution in [0.2, 0.25) is 5.02 Å². The third-order valence-corrected chi connectivity index (χ3v) is 8.83. The van der Waals surface area contributed by atoms with Crippen LogP contribution in [0.5, 0.6) is 0 Å². The summed E-state index contributed by atoms with van der Waals surface area (Å²) in [5.74, 6) is -0.813. The standard InChI is InChI=1S/C30H36ClN3O4S/c1-6-23(4)32-30(36)24(5)33(19-25-13-11-10-12-21(25)2)29(35)20-34(28-18-26(31)17-16-22(28)3)39(37,38)27-14-8-7-9-15-27/h7-18,23-24H,6,19-20H2,1-5H3,(H,32,36)/t23-,24+/m1/s1. The fourth-order valence-electron chi connectivity index (χ4n) is 4.10. The van der Waals surface area contributed by atoms with Crippen LogP contribution >= 0.6 is 11.6 Å². The van der Waals surface area contributed by atoms with Gasteiger partial charge in [-0.25, -0.2) is 8.42 Å². The zero-order valence-corrected chi connectivity index (χ0v) is 24.6. The molecule has 0 heterocycles.